The van der Waals surface area contributed by atoms with Gasteiger partial charge < -0.3 is 10.1 Å². The van der Waals surface area contributed by atoms with Crippen molar-refractivity contribution in [3.8, 4) is 0 Å². The number of carbonyl (C=O) groups excluding carboxylic acids is 2. The highest BCUT2D eigenvalue weighted by molar-refractivity contribution is 7.16. The molecule has 1 amide bonds. The fourth-order valence-corrected chi connectivity index (χ4v) is 3.49. The predicted octanol–water partition coefficient (Wildman–Crippen LogP) is 5.49. The number of thiophene rings is 1. The molecule has 0 saturated carbocycles. The molecular formula is C17H17Cl2NO3S. The molecule has 0 aliphatic rings. The molecule has 0 fully saturated rings. The van der Waals surface area contributed by atoms with Crippen LogP contribution in [0.2, 0.25) is 10.0 Å². The Morgan fingerprint density at radius 1 is 1.21 bits per heavy atom. The Morgan fingerprint density at radius 2 is 1.88 bits per heavy atom. The van der Waals surface area contributed by atoms with E-state index < -0.39 is 11.9 Å². The van der Waals surface area contributed by atoms with Crippen LogP contribution in [-0.2, 0) is 4.74 Å². The summed E-state index contributed by atoms with van der Waals surface area (Å²) in [6.45, 7) is 7.26. The number of hydrogen-bond acceptors (Lipinski definition) is 4. The van der Waals surface area contributed by atoms with E-state index in [0.717, 1.165) is 10.4 Å². The van der Waals surface area contributed by atoms with Crippen molar-refractivity contribution >= 4 is 51.4 Å². The van der Waals surface area contributed by atoms with E-state index in [1.54, 1.807) is 26.0 Å². The highest BCUT2D eigenvalue weighted by atomic mass is 35.5. The van der Waals surface area contributed by atoms with E-state index in [9.17, 15) is 9.59 Å². The summed E-state index contributed by atoms with van der Waals surface area (Å²) in [6.07, 6.45) is -0.247. The Bertz CT molecular complexity index is 799. The summed E-state index contributed by atoms with van der Waals surface area (Å²) in [5.74, 6) is -0.887. The van der Waals surface area contributed by atoms with Crippen LogP contribution in [0.3, 0.4) is 0 Å². The molecule has 128 valence electrons. The summed E-state index contributed by atoms with van der Waals surface area (Å²) in [7, 11) is 0. The monoisotopic (exact) mass is 385 g/mol. The molecule has 0 radical (unpaired) electrons. The molecule has 1 heterocycles. The van der Waals surface area contributed by atoms with Gasteiger partial charge in [-0.2, -0.15) is 0 Å². The van der Waals surface area contributed by atoms with Gasteiger partial charge in [-0.05, 0) is 51.5 Å². The summed E-state index contributed by atoms with van der Waals surface area (Å²) in [5, 5.41) is 3.88. The Balaban J connectivity index is 2.36. The molecule has 4 nitrogen and oxygen atoms in total. The fraction of sp³-hybridized carbons (Fsp3) is 0.294. The third-order valence-corrected chi connectivity index (χ3v) is 5.02. The number of hydrogen-bond donors (Lipinski definition) is 1. The molecule has 0 aliphatic heterocycles. The van der Waals surface area contributed by atoms with Crippen molar-refractivity contribution in [2.24, 2.45) is 0 Å². The average molecular weight is 386 g/mol. The van der Waals surface area contributed by atoms with E-state index in [2.05, 4.69) is 5.32 Å². The third kappa shape index (κ3) is 4.09. The van der Waals surface area contributed by atoms with Crippen molar-refractivity contribution in [2.75, 3.05) is 5.32 Å². The van der Waals surface area contributed by atoms with E-state index in [4.69, 9.17) is 27.9 Å². The van der Waals surface area contributed by atoms with Crippen LogP contribution in [0.25, 0.3) is 0 Å². The third-order valence-electron chi connectivity index (χ3n) is 3.33. The molecule has 0 aliphatic carbocycles. The lowest BCUT2D eigenvalue weighted by Gasteiger charge is -2.11. The predicted molar refractivity (Wildman–Crippen MR) is 98.8 cm³/mol. The number of benzene rings is 1. The molecule has 0 unspecified atom stereocenters. The second-order valence-corrected chi connectivity index (χ2v) is 7.59. The van der Waals surface area contributed by atoms with Gasteiger partial charge in [-0.3, -0.25) is 4.79 Å². The largest absolute Gasteiger partial charge is 0.459 e. The van der Waals surface area contributed by atoms with Crippen LogP contribution in [-0.4, -0.2) is 18.0 Å². The molecule has 24 heavy (non-hydrogen) atoms. The molecule has 2 rings (SSSR count). The van der Waals surface area contributed by atoms with Gasteiger partial charge in [0.2, 0.25) is 0 Å². The van der Waals surface area contributed by atoms with Crippen LogP contribution in [0.4, 0.5) is 5.00 Å². The van der Waals surface area contributed by atoms with Crippen molar-refractivity contribution in [3.63, 3.8) is 0 Å². The maximum Gasteiger partial charge on any atom is 0.341 e. The molecule has 7 heteroatoms. The van der Waals surface area contributed by atoms with Crippen molar-refractivity contribution < 1.29 is 14.3 Å². The Morgan fingerprint density at radius 3 is 2.50 bits per heavy atom. The van der Waals surface area contributed by atoms with Gasteiger partial charge in [0, 0.05) is 9.90 Å². The van der Waals surface area contributed by atoms with Crippen LogP contribution in [0.1, 0.15) is 45.0 Å². The topological polar surface area (TPSA) is 55.4 Å². The minimum atomic E-state index is -0.459. The molecule has 0 spiro atoms. The second kappa shape index (κ2) is 7.55. The smallest absolute Gasteiger partial charge is 0.341 e. The van der Waals surface area contributed by atoms with Crippen molar-refractivity contribution in [3.05, 3.63) is 49.8 Å². The summed E-state index contributed by atoms with van der Waals surface area (Å²) in [6, 6.07) is 4.64. The number of halogens is 2. The van der Waals surface area contributed by atoms with Gasteiger partial charge in [0.1, 0.15) is 5.00 Å². The number of nitrogens with one attached hydrogen (secondary N) is 1. The van der Waals surface area contributed by atoms with Crippen LogP contribution >= 0.6 is 34.5 Å². The van der Waals surface area contributed by atoms with E-state index in [1.807, 2.05) is 13.8 Å². The lowest BCUT2D eigenvalue weighted by atomic mass is 10.1. The molecule has 1 aromatic carbocycles. The maximum atomic E-state index is 12.5. The number of aryl methyl sites for hydroxylation is 1. The first kappa shape index (κ1) is 18.8. The van der Waals surface area contributed by atoms with E-state index >= 15 is 0 Å². The summed E-state index contributed by atoms with van der Waals surface area (Å²) in [4.78, 5) is 25.8. The lowest BCUT2D eigenvalue weighted by molar-refractivity contribution is 0.0379. The quantitative estimate of drug-likeness (QED) is 0.707. The SMILES string of the molecule is Cc1sc(NC(=O)c2cc(Cl)ccc2Cl)c(C(=O)OC(C)C)c1C. The highest BCUT2D eigenvalue weighted by Gasteiger charge is 2.24. The minimum Gasteiger partial charge on any atom is -0.459 e. The first-order valence-electron chi connectivity index (χ1n) is 7.28. The van der Waals surface area contributed by atoms with Crippen LogP contribution in [0.5, 0.6) is 0 Å². The number of rotatable bonds is 4. The Kier molecular flexibility index (Phi) is 5.91. The summed E-state index contributed by atoms with van der Waals surface area (Å²) < 4.78 is 5.27. The van der Waals surface area contributed by atoms with Gasteiger partial charge in [-0.1, -0.05) is 23.2 Å². The number of ether oxygens (including phenoxy) is 1. The summed E-state index contributed by atoms with van der Waals surface area (Å²) in [5.41, 5.74) is 1.41. The van der Waals surface area contributed by atoms with Crippen LogP contribution in [0, 0.1) is 13.8 Å². The molecule has 2 aromatic rings. The van der Waals surface area contributed by atoms with Gasteiger partial charge in [0.15, 0.2) is 0 Å². The average Bonchev–Trinajstić information content (AvgIpc) is 2.75. The van der Waals surface area contributed by atoms with Gasteiger partial charge in [-0.25, -0.2) is 4.79 Å². The Hall–Kier alpha value is -1.56. The maximum absolute atomic E-state index is 12.5. The zero-order chi connectivity index (χ0) is 18.0. The van der Waals surface area contributed by atoms with E-state index in [1.165, 1.54) is 17.4 Å². The first-order valence-corrected chi connectivity index (χ1v) is 8.85. The Labute approximate surface area is 154 Å². The van der Waals surface area contributed by atoms with Crippen molar-refractivity contribution in [2.45, 2.75) is 33.8 Å². The molecule has 0 saturated heterocycles. The molecule has 0 bridgehead atoms. The lowest BCUT2D eigenvalue weighted by Crippen LogP contribution is -2.17. The minimum absolute atomic E-state index is 0.246. The van der Waals surface area contributed by atoms with Crippen molar-refractivity contribution in [1.29, 1.82) is 0 Å². The summed E-state index contributed by atoms with van der Waals surface area (Å²) >= 11 is 13.3. The van der Waals surface area contributed by atoms with Crippen LogP contribution < -0.4 is 5.32 Å². The van der Waals surface area contributed by atoms with E-state index in [-0.39, 0.29) is 16.7 Å². The molecule has 1 N–H and O–H groups in total. The van der Waals surface area contributed by atoms with Gasteiger partial charge in [0.05, 0.1) is 22.3 Å². The zero-order valence-corrected chi connectivity index (χ0v) is 16.0. The van der Waals surface area contributed by atoms with Crippen molar-refractivity contribution in [1.82, 2.24) is 0 Å². The first-order chi connectivity index (χ1) is 11.2. The second-order valence-electron chi connectivity index (χ2n) is 5.52. The zero-order valence-electron chi connectivity index (χ0n) is 13.7. The van der Waals surface area contributed by atoms with Gasteiger partial charge in [-0.15, -0.1) is 11.3 Å². The van der Waals surface area contributed by atoms with Crippen LogP contribution in [0.15, 0.2) is 18.2 Å². The molecule has 1 aromatic heterocycles. The number of amides is 1. The molecular weight excluding hydrogens is 369 g/mol. The fourth-order valence-electron chi connectivity index (χ4n) is 2.08. The number of anilines is 1. The standard InChI is InChI=1S/C17H17Cl2NO3S/c1-8(2)23-17(22)14-9(3)10(4)24-16(14)20-15(21)12-7-11(18)5-6-13(12)19/h5-8H,1-4H3,(H,20,21). The number of esters is 1. The van der Waals surface area contributed by atoms with E-state index in [0.29, 0.717) is 15.6 Å². The normalized spacial score (nSPS) is 10.8. The number of carbonyl (C=O) groups is 2. The highest BCUT2D eigenvalue weighted by Crippen LogP contribution is 2.34. The molecule has 0 atom stereocenters. The van der Waals surface area contributed by atoms with Gasteiger partial charge in [0.25, 0.3) is 5.91 Å². The van der Waals surface area contributed by atoms with Gasteiger partial charge >= 0.3 is 5.97 Å².